The summed E-state index contributed by atoms with van der Waals surface area (Å²) in [6, 6.07) is 14.2. The average Bonchev–Trinajstić information content (AvgIpc) is 0.713. The van der Waals surface area contributed by atoms with E-state index in [1.165, 1.54) is 34.9 Å². The third-order valence-electron chi connectivity index (χ3n) is 16.9. The standard InChI is InChI=1S/C86H76N4OSi2.Pt/c1-84(2,3)62-50-53-87-81(56-62)90-79-58-65(47-48-73(79)74-42-27-45-80(83(74)90)92(8,9)66-31-14-10-15-32-66)91-64-30-25-29-63(57-64)88-59-89(78-44-23-22-43-77(78)88)82-71(40-26-41-72(82)61-46-49-75-76(55-61)86(6,7)52-51-85(75,4)5)60-28-24-39-70(54-60)93(67-33-16-11-17-34-67,68-35-18-12-19-36-68)69-37-20-13-21-38-69;/h10-50,53-56H,51-52H2,1-9H3;/q-2;/i4D3,5D3,6D3,7D3,11D,12D,13D,16D,17D,18D,19D,20D,21D,24D,28D,33D,34D,35D,36D,37D,38D,39D,46D,49D,51D2,52D2,54D,55D;. The normalized spacial score (nSPS) is 21.2. The minimum absolute atomic E-state index is 0. The quantitative estimate of drug-likeness (QED) is 0.0499. The summed E-state index contributed by atoms with van der Waals surface area (Å²) in [5.74, 6) is 0.723. The number of nitrogens with zero attached hydrogens (tertiary/aromatic N) is 4. The molecule has 11 aromatic carbocycles. The van der Waals surface area contributed by atoms with Crippen LogP contribution in [0.1, 0.15) is 130 Å². The van der Waals surface area contributed by atoms with Crippen molar-refractivity contribution < 1.29 is 82.5 Å². The molecule has 0 saturated carbocycles. The third kappa shape index (κ3) is 10.8. The summed E-state index contributed by atoms with van der Waals surface area (Å²) in [5, 5.41) is -1.11. The van der Waals surface area contributed by atoms with Crippen LogP contribution in [0.15, 0.2) is 273 Å². The van der Waals surface area contributed by atoms with E-state index in [-0.39, 0.29) is 54.7 Å². The van der Waals surface area contributed by atoms with Gasteiger partial charge in [0.15, 0.2) is 8.07 Å². The van der Waals surface area contributed by atoms with Crippen molar-refractivity contribution in [3.63, 3.8) is 0 Å². The van der Waals surface area contributed by atoms with Crippen molar-refractivity contribution in [1.82, 2.24) is 14.1 Å². The Balaban J connectivity index is 0.0000140. The maximum Gasteiger partial charge on any atom is 0.268 e. The molecule has 8 heteroatoms. The maximum absolute atomic E-state index is 11.1. The van der Waals surface area contributed by atoms with E-state index in [1.807, 2.05) is 48.5 Å². The van der Waals surface area contributed by atoms with Gasteiger partial charge >= 0.3 is 0 Å². The Morgan fingerprint density at radius 2 is 1.19 bits per heavy atom. The molecule has 0 N–H and O–H groups in total. The zero-order valence-corrected chi connectivity index (χ0v) is 55.1. The molecule has 0 amide bonds. The summed E-state index contributed by atoms with van der Waals surface area (Å²) >= 11 is 0. The molecule has 466 valence electrons. The maximum atomic E-state index is 11.1. The molecule has 0 saturated heterocycles. The van der Waals surface area contributed by atoms with E-state index < -0.39 is 260 Å². The van der Waals surface area contributed by atoms with Gasteiger partial charge in [0.05, 0.1) is 46.9 Å². The number of imidazole rings is 1. The van der Waals surface area contributed by atoms with Gasteiger partial charge in [-0.2, -0.15) is 18.2 Å². The van der Waals surface area contributed by atoms with E-state index in [0.29, 0.717) is 11.3 Å². The molecule has 1 aliphatic carbocycles. The van der Waals surface area contributed by atoms with Crippen LogP contribution in [0.3, 0.4) is 0 Å². The van der Waals surface area contributed by atoms with E-state index in [0.717, 1.165) is 55.0 Å². The monoisotopic (exact) mass is 1470 g/mol. The number of ether oxygens (including phenoxy) is 1. The van der Waals surface area contributed by atoms with Gasteiger partial charge in [0.1, 0.15) is 13.9 Å². The van der Waals surface area contributed by atoms with Crippen LogP contribution in [-0.4, -0.2) is 30.3 Å². The van der Waals surface area contributed by atoms with Crippen LogP contribution in [0.4, 0.5) is 0 Å². The second-order valence-electron chi connectivity index (χ2n) is 24.0. The second-order valence-corrected chi connectivity index (χ2v) is 31.8. The van der Waals surface area contributed by atoms with Crippen LogP contribution in [0.5, 0.6) is 11.5 Å². The topological polar surface area (TPSA) is 35.9 Å². The summed E-state index contributed by atoms with van der Waals surface area (Å²) in [6.07, 6.45) is -4.72. The van der Waals surface area contributed by atoms with Crippen molar-refractivity contribution in [2.75, 3.05) is 0 Å². The fraction of sp³-hybridized carbons (Fsp3) is 0.163. The number of hydrogen-bond acceptors (Lipinski definition) is 2. The van der Waals surface area contributed by atoms with Crippen molar-refractivity contribution in [1.29, 1.82) is 0 Å². The number of para-hydroxylation sites is 4. The van der Waals surface area contributed by atoms with Gasteiger partial charge in [0.25, 0.3) is 6.33 Å². The Labute approximate surface area is 623 Å². The van der Waals surface area contributed by atoms with E-state index in [4.69, 9.17) is 22.1 Å². The van der Waals surface area contributed by atoms with Crippen LogP contribution in [0.2, 0.25) is 13.1 Å². The molecule has 5 nitrogen and oxygen atoms in total. The van der Waals surface area contributed by atoms with Crippen molar-refractivity contribution in [3.05, 3.63) is 308 Å². The third-order valence-corrected chi connectivity index (χ3v) is 24.4. The number of aromatic nitrogens is 4. The zero-order valence-electron chi connectivity index (χ0n) is 88.8. The first kappa shape index (κ1) is 32.3. The van der Waals surface area contributed by atoms with Gasteiger partial charge in [-0.05, 0) is 117 Å². The Morgan fingerprint density at radius 3 is 1.87 bits per heavy atom. The van der Waals surface area contributed by atoms with Crippen molar-refractivity contribution in [2.45, 2.75) is 90.3 Å². The largest absolute Gasteiger partial charge is 0.510 e. The second kappa shape index (κ2) is 24.3. The van der Waals surface area contributed by atoms with E-state index >= 15 is 0 Å². The summed E-state index contributed by atoms with van der Waals surface area (Å²) in [7, 11) is -9.28. The summed E-state index contributed by atoms with van der Waals surface area (Å²) < 4.78 is 374. The Hall–Kier alpha value is -9.24. The van der Waals surface area contributed by atoms with Crippen LogP contribution in [0, 0.1) is 18.5 Å². The molecule has 15 rings (SSSR count). The van der Waals surface area contributed by atoms with Crippen LogP contribution in [-0.2, 0) is 37.3 Å². The molecule has 14 aromatic rings. The van der Waals surface area contributed by atoms with E-state index in [9.17, 15) is 39.8 Å². The number of hydrogen-bond donors (Lipinski definition) is 0. The van der Waals surface area contributed by atoms with Gasteiger partial charge in [-0.3, -0.25) is 4.57 Å². The summed E-state index contributed by atoms with van der Waals surface area (Å²) in [4.78, 5) is 4.98. The molecule has 0 unspecified atom stereocenters. The van der Waals surface area contributed by atoms with E-state index in [2.05, 4.69) is 75.1 Å². The molecule has 0 spiro atoms. The first-order valence-electron chi connectivity index (χ1n) is 48.5. The fourth-order valence-electron chi connectivity index (χ4n) is 12.3. The zero-order chi connectivity index (χ0) is 96.6. The molecule has 1 aliphatic rings. The van der Waals surface area contributed by atoms with Crippen molar-refractivity contribution >= 4 is 80.1 Å². The predicted octanol–water partition coefficient (Wildman–Crippen LogP) is 16.8. The number of pyridine rings is 1. The average molecular weight is 1470 g/mol. The molecule has 0 aliphatic heterocycles. The van der Waals surface area contributed by atoms with Gasteiger partial charge in [-0.1, -0.05) is 296 Å². The minimum atomic E-state index is -6.72. The first-order valence-corrected chi connectivity index (χ1v) is 34.5. The molecular formula is C86H76N4OPtSi2-2. The predicted molar refractivity (Wildman–Crippen MR) is 392 cm³/mol. The van der Waals surface area contributed by atoms with Gasteiger partial charge < -0.3 is 13.9 Å². The molecule has 3 aromatic heterocycles. The van der Waals surface area contributed by atoms with Crippen LogP contribution in [0.25, 0.3) is 72.3 Å². The molecular weight excluding hydrogens is 1360 g/mol. The first-order chi connectivity index (χ1) is 60.7. The Kier molecular flexibility index (Phi) is 8.33. The summed E-state index contributed by atoms with van der Waals surface area (Å²) in [6.45, 7) is -7.42. The molecule has 3 heterocycles. The van der Waals surface area contributed by atoms with Crippen LogP contribution < -0.4 is 40.4 Å². The van der Waals surface area contributed by atoms with Crippen molar-refractivity contribution in [3.8, 4) is 50.9 Å². The van der Waals surface area contributed by atoms with Gasteiger partial charge in [0.2, 0.25) is 0 Å². The van der Waals surface area contributed by atoms with Gasteiger partial charge in [-0.25, -0.2) is 4.98 Å². The molecule has 0 fully saturated rings. The number of fused-ring (bicyclic) bond motifs is 5. The SMILES string of the molecule is [2H]c1c([2H])c([2H])c([Si](c2c([2H])c([2H])c([2H])c([2H])c2[2H])(c2c([2H])c([2H])c([2H])c([2H])c2[2H])c2c([2H])c([2H])c([2H])c(-c3cccc(-c4c([2H])c([2H])c5c(c4[2H])C(C([2H])([2H])[2H])(C([2H])([2H])[2H])C([2H])([2H])C([2H])([2H])C5(C([2H])([2H])[2H])C([2H])([2H])[2H])c3-[n+]3[c-]n(-c4[c-]c(Oc5[c-]c6c(cc5)c5cccc([Si](C)(C)c7ccccc7)c5n6-c5cc(C(C)(C)C)ccn5)ccc4)c4ccccc43)c2[2H])c([2H])c1[2H].[Pt]. The molecule has 94 heavy (non-hydrogen) atoms. The van der Waals surface area contributed by atoms with Gasteiger partial charge in [0, 0.05) is 66.2 Å². The fourth-order valence-corrected chi connectivity index (χ4v) is 18.5. The molecule has 0 radical (unpaired) electrons. The van der Waals surface area contributed by atoms with Crippen molar-refractivity contribution in [2.24, 2.45) is 0 Å². The minimum Gasteiger partial charge on any atom is -0.510 e. The van der Waals surface area contributed by atoms with E-state index in [1.54, 1.807) is 24.4 Å². The number of benzene rings is 11. The smallest absolute Gasteiger partial charge is 0.268 e. The Morgan fingerprint density at radius 1 is 0.574 bits per heavy atom. The Bertz CT molecular complexity index is 6930. The molecule has 0 bridgehead atoms. The summed E-state index contributed by atoms with van der Waals surface area (Å²) in [5.41, 5.74) is -15.8. The number of rotatable bonds is 13. The molecule has 0 atom stereocenters. The van der Waals surface area contributed by atoms with Gasteiger partial charge in [-0.15, -0.1) is 29.7 Å². The van der Waals surface area contributed by atoms with Crippen LogP contribution >= 0.6 is 0 Å².